The number of nitrogens with one attached hydrogen (secondary N) is 2. The minimum atomic E-state index is -3.08. The maximum absolute atomic E-state index is 11.8. The van der Waals surface area contributed by atoms with Crippen LogP contribution in [0.15, 0.2) is 0 Å². The normalized spacial score (nSPS) is 31.9. The minimum absolute atomic E-state index is 0.196. The van der Waals surface area contributed by atoms with Gasteiger partial charge in [0.15, 0.2) is 0 Å². The van der Waals surface area contributed by atoms with Gasteiger partial charge in [-0.1, -0.05) is 12.8 Å². The molecular weight excluding hydrogens is 274 g/mol. The van der Waals surface area contributed by atoms with Crippen molar-refractivity contribution in [2.24, 2.45) is 5.92 Å². The van der Waals surface area contributed by atoms with Crippen LogP contribution in [0.2, 0.25) is 0 Å². The molecule has 3 unspecified atom stereocenters. The second kappa shape index (κ2) is 7.20. The molecule has 2 fully saturated rings. The Balaban J connectivity index is 1.83. The van der Waals surface area contributed by atoms with Gasteiger partial charge < -0.3 is 10.6 Å². The van der Waals surface area contributed by atoms with Gasteiger partial charge in [0.1, 0.15) is 0 Å². The molecule has 0 bridgehead atoms. The highest BCUT2D eigenvalue weighted by Gasteiger charge is 2.33. The minimum Gasteiger partial charge on any atom is -0.314 e. The number of nitrogens with zero attached hydrogens (tertiary/aromatic N) is 1. The zero-order valence-electron chi connectivity index (χ0n) is 12.8. The van der Waals surface area contributed by atoms with Crippen LogP contribution in [0.3, 0.4) is 0 Å². The highest BCUT2D eigenvalue weighted by atomic mass is 32.2. The van der Waals surface area contributed by atoms with Crippen molar-refractivity contribution in [3.63, 3.8) is 0 Å². The summed E-state index contributed by atoms with van der Waals surface area (Å²) in [5.41, 5.74) is 0. The highest BCUT2D eigenvalue weighted by molar-refractivity contribution is 7.89. The number of hydrogen-bond acceptors (Lipinski definition) is 4. The van der Waals surface area contributed by atoms with E-state index in [9.17, 15) is 8.42 Å². The van der Waals surface area contributed by atoms with Crippen LogP contribution in [-0.4, -0.2) is 57.7 Å². The second-order valence-corrected chi connectivity index (χ2v) is 8.61. The third kappa shape index (κ3) is 4.16. The van der Waals surface area contributed by atoms with E-state index >= 15 is 0 Å². The number of sulfonamides is 1. The number of hydrogen-bond donors (Lipinski definition) is 2. The van der Waals surface area contributed by atoms with E-state index in [4.69, 9.17) is 0 Å². The van der Waals surface area contributed by atoms with Crippen molar-refractivity contribution in [1.82, 2.24) is 14.9 Å². The molecule has 1 aliphatic heterocycles. The molecule has 1 saturated carbocycles. The molecule has 118 valence electrons. The molecule has 1 aliphatic carbocycles. The first-order chi connectivity index (χ1) is 9.50. The van der Waals surface area contributed by atoms with Gasteiger partial charge in [0, 0.05) is 32.7 Å². The van der Waals surface area contributed by atoms with Crippen LogP contribution >= 0.6 is 0 Å². The average Bonchev–Trinajstić information content (AvgIpc) is 2.92. The molecule has 2 rings (SSSR count). The van der Waals surface area contributed by atoms with Gasteiger partial charge in [-0.05, 0) is 38.1 Å². The first-order valence-electron chi connectivity index (χ1n) is 7.87. The maximum atomic E-state index is 11.8. The molecule has 2 aliphatic rings. The van der Waals surface area contributed by atoms with Crippen LogP contribution < -0.4 is 10.6 Å². The Morgan fingerprint density at radius 3 is 2.55 bits per heavy atom. The van der Waals surface area contributed by atoms with E-state index in [-0.39, 0.29) is 5.75 Å². The van der Waals surface area contributed by atoms with Gasteiger partial charge in [0.25, 0.3) is 0 Å². The summed E-state index contributed by atoms with van der Waals surface area (Å²) in [4.78, 5) is 0. The van der Waals surface area contributed by atoms with Gasteiger partial charge in [0.2, 0.25) is 10.0 Å². The van der Waals surface area contributed by atoms with Gasteiger partial charge >= 0.3 is 0 Å². The molecule has 20 heavy (non-hydrogen) atoms. The van der Waals surface area contributed by atoms with Gasteiger partial charge in [-0.25, -0.2) is 12.7 Å². The van der Waals surface area contributed by atoms with Crippen LogP contribution in [0.4, 0.5) is 0 Å². The SMILES string of the molecule is CN(C)S(=O)(=O)CCNC1CCCCC1C1CCCN1. The predicted molar refractivity (Wildman–Crippen MR) is 82.2 cm³/mol. The Hall–Kier alpha value is -0.170. The molecule has 5 nitrogen and oxygen atoms in total. The Kier molecular flexibility index (Phi) is 5.84. The molecule has 3 atom stereocenters. The molecule has 0 radical (unpaired) electrons. The lowest BCUT2D eigenvalue weighted by molar-refractivity contribution is 0.217. The Morgan fingerprint density at radius 1 is 1.15 bits per heavy atom. The smallest absolute Gasteiger partial charge is 0.214 e. The zero-order chi connectivity index (χ0) is 14.6. The quantitative estimate of drug-likeness (QED) is 0.761. The second-order valence-electron chi connectivity index (χ2n) is 6.31. The summed E-state index contributed by atoms with van der Waals surface area (Å²) in [5, 5.41) is 7.13. The zero-order valence-corrected chi connectivity index (χ0v) is 13.6. The average molecular weight is 303 g/mol. The van der Waals surface area contributed by atoms with E-state index in [2.05, 4.69) is 10.6 Å². The molecular formula is C14H29N3O2S. The Bertz CT molecular complexity index is 391. The van der Waals surface area contributed by atoms with Crippen LogP contribution in [0, 0.1) is 5.92 Å². The van der Waals surface area contributed by atoms with Gasteiger partial charge in [-0.15, -0.1) is 0 Å². The lowest BCUT2D eigenvalue weighted by Gasteiger charge is -2.36. The number of rotatable bonds is 6. The summed E-state index contributed by atoms with van der Waals surface area (Å²) in [5.74, 6) is 0.870. The van der Waals surface area contributed by atoms with E-state index in [0.717, 1.165) is 6.54 Å². The molecule has 0 spiro atoms. The maximum Gasteiger partial charge on any atom is 0.214 e. The van der Waals surface area contributed by atoms with E-state index in [1.54, 1.807) is 14.1 Å². The third-order valence-electron chi connectivity index (χ3n) is 4.76. The summed E-state index contributed by atoms with van der Waals surface area (Å²) in [6.45, 7) is 1.71. The lowest BCUT2D eigenvalue weighted by atomic mass is 9.79. The molecule has 6 heteroatoms. The molecule has 0 aromatic heterocycles. The fraction of sp³-hybridized carbons (Fsp3) is 1.00. The lowest BCUT2D eigenvalue weighted by Crippen LogP contribution is -2.48. The summed E-state index contributed by atoms with van der Waals surface area (Å²) < 4.78 is 24.9. The van der Waals surface area contributed by atoms with Crippen molar-refractivity contribution < 1.29 is 8.42 Å². The first-order valence-corrected chi connectivity index (χ1v) is 9.48. The van der Waals surface area contributed by atoms with E-state index in [1.807, 2.05) is 0 Å². The molecule has 0 amide bonds. The molecule has 1 heterocycles. The fourth-order valence-corrected chi connectivity index (χ4v) is 4.27. The van der Waals surface area contributed by atoms with Gasteiger partial charge in [-0.3, -0.25) is 0 Å². The Labute approximate surface area is 123 Å². The van der Waals surface area contributed by atoms with Crippen LogP contribution in [0.1, 0.15) is 38.5 Å². The van der Waals surface area contributed by atoms with Crippen molar-refractivity contribution in [3.8, 4) is 0 Å². The van der Waals surface area contributed by atoms with Crippen molar-refractivity contribution in [2.75, 3.05) is 32.9 Å². The van der Waals surface area contributed by atoms with E-state index in [1.165, 1.54) is 42.8 Å². The third-order valence-corrected chi connectivity index (χ3v) is 6.59. The standard InChI is InChI=1S/C14H29N3O2S/c1-17(2)20(18,19)11-10-16-13-7-4-3-6-12(13)14-8-5-9-15-14/h12-16H,3-11H2,1-2H3. The van der Waals surface area contributed by atoms with E-state index in [0.29, 0.717) is 24.5 Å². The topological polar surface area (TPSA) is 61.4 Å². The van der Waals surface area contributed by atoms with Gasteiger partial charge in [0.05, 0.1) is 5.75 Å². The van der Waals surface area contributed by atoms with E-state index < -0.39 is 10.0 Å². The van der Waals surface area contributed by atoms with Crippen LogP contribution in [-0.2, 0) is 10.0 Å². The highest BCUT2D eigenvalue weighted by Crippen LogP contribution is 2.30. The van der Waals surface area contributed by atoms with Crippen molar-refractivity contribution >= 4 is 10.0 Å². The summed E-state index contributed by atoms with van der Waals surface area (Å²) >= 11 is 0. The van der Waals surface area contributed by atoms with Gasteiger partial charge in [-0.2, -0.15) is 0 Å². The van der Waals surface area contributed by atoms with Crippen molar-refractivity contribution in [2.45, 2.75) is 50.6 Å². The monoisotopic (exact) mass is 303 g/mol. The molecule has 2 N–H and O–H groups in total. The van der Waals surface area contributed by atoms with Crippen molar-refractivity contribution in [3.05, 3.63) is 0 Å². The van der Waals surface area contributed by atoms with Crippen molar-refractivity contribution in [1.29, 1.82) is 0 Å². The summed E-state index contributed by atoms with van der Waals surface area (Å²) in [7, 11) is 0.117. The predicted octanol–water partition coefficient (Wildman–Crippen LogP) is 0.778. The summed E-state index contributed by atoms with van der Waals surface area (Å²) in [6, 6.07) is 1.12. The molecule has 0 aromatic carbocycles. The largest absolute Gasteiger partial charge is 0.314 e. The summed E-state index contributed by atoms with van der Waals surface area (Å²) in [6.07, 6.45) is 7.60. The Morgan fingerprint density at radius 2 is 1.90 bits per heavy atom. The molecule has 1 saturated heterocycles. The molecule has 0 aromatic rings. The van der Waals surface area contributed by atoms with Crippen LogP contribution in [0.25, 0.3) is 0 Å². The fourth-order valence-electron chi connectivity index (χ4n) is 3.53. The van der Waals surface area contributed by atoms with Crippen LogP contribution in [0.5, 0.6) is 0 Å². The first kappa shape index (κ1) is 16.2.